The zero-order valence-electron chi connectivity index (χ0n) is 8.50. The number of carbonyl (C=O) groups excluding carboxylic acids is 1. The number of hydrogen-bond acceptors (Lipinski definition) is 5. The van der Waals surface area contributed by atoms with Gasteiger partial charge in [0, 0.05) is 4.92 Å². The van der Waals surface area contributed by atoms with Crippen LogP contribution in [0.2, 0.25) is 0 Å². The van der Waals surface area contributed by atoms with Gasteiger partial charge in [-0.2, -0.15) is 0 Å². The van der Waals surface area contributed by atoms with Crippen LogP contribution >= 0.6 is 0 Å². The number of carbonyl (C=O) groups is 1. The molecule has 86 valence electrons. The van der Waals surface area contributed by atoms with Crippen molar-refractivity contribution in [3.05, 3.63) is 46.0 Å². The van der Waals surface area contributed by atoms with Crippen LogP contribution in [0.5, 0.6) is 0 Å². The van der Waals surface area contributed by atoms with Gasteiger partial charge in [-0.1, -0.05) is 30.3 Å². The highest BCUT2D eigenvalue weighted by Gasteiger charge is 2.06. The lowest BCUT2D eigenvalue weighted by Gasteiger charge is -2.04. The van der Waals surface area contributed by atoms with E-state index in [1.54, 1.807) is 12.1 Å². The Morgan fingerprint density at radius 1 is 1.25 bits per heavy atom. The fourth-order valence-corrected chi connectivity index (χ4v) is 0.962. The molecule has 0 aliphatic carbocycles. The Bertz CT molecular complexity index is 351. The molecule has 1 aromatic rings. The second-order valence-electron chi connectivity index (χ2n) is 2.93. The average molecular weight is 225 g/mol. The summed E-state index contributed by atoms with van der Waals surface area (Å²) >= 11 is 0. The Kier molecular flexibility index (Phi) is 4.78. The average Bonchev–Trinajstić information content (AvgIpc) is 2.27. The van der Waals surface area contributed by atoms with Gasteiger partial charge in [-0.15, -0.1) is 0 Å². The van der Waals surface area contributed by atoms with Crippen LogP contribution in [0.25, 0.3) is 0 Å². The molecule has 0 atom stereocenters. The molecule has 6 heteroatoms. The summed E-state index contributed by atoms with van der Waals surface area (Å²) in [6.45, 7) is -0.598. The fraction of sp³-hybridized carbons (Fsp3) is 0.300. The first-order valence-corrected chi connectivity index (χ1v) is 4.64. The van der Waals surface area contributed by atoms with E-state index in [4.69, 9.17) is 4.74 Å². The van der Waals surface area contributed by atoms with Gasteiger partial charge in [-0.3, -0.25) is 10.1 Å². The quantitative estimate of drug-likeness (QED) is 0.432. The number of hydrogen-bond donors (Lipinski definition) is 0. The van der Waals surface area contributed by atoms with Gasteiger partial charge in [0.1, 0.15) is 6.61 Å². The van der Waals surface area contributed by atoms with Gasteiger partial charge < -0.3 is 9.47 Å². The first-order chi connectivity index (χ1) is 7.68. The summed E-state index contributed by atoms with van der Waals surface area (Å²) in [6, 6.07) is 9.07. The minimum absolute atomic E-state index is 0.0954. The minimum atomic E-state index is -0.897. The number of nitro groups is 1. The Morgan fingerprint density at radius 2 is 1.94 bits per heavy atom. The first-order valence-electron chi connectivity index (χ1n) is 4.64. The highest BCUT2D eigenvalue weighted by molar-refractivity contribution is 5.59. The molecule has 0 saturated carbocycles. The van der Waals surface area contributed by atoms with Crippen LogP contribution in [-0.4, -0.2) is 24.2 Å². The molecule has 0 amide bonds. The van der Waals surface area contributed by atoms with Crippen LogP contribution in [0.3, 0.4) is 0 Å². The third-order valence-corrected chi connectivity index (χ3v) is 1.69. The van der Waals surface area contributed by atoms with Gasteiger partial charge in [0.25, 0.3) is 0 Å². The molecular weight excluding hydrogens is 214 g/mol. The standard InChI is InChI=1S/C10H11NO5/c12-10(15-7-6-11(13)14)16-8-9-4-2-1-3-5-9/h1-5H,6-8H2. The fourth-order valence-electron chi connectivity index (χ4n) is 0.962. The Balaban J connectivity index is 2.18. The van der Waals surface area contributed by atoms with Gasteiger partial charge in [-0.25, -0.2) is 4.79 Å². The van der Waals surface area contributed by atoms with E-state index in [1.165, 1.54) is 0 Å². The lowest BCUT2D eigenvalue weighted by Crippen LogP contribution is -2.14. The molecule has 0 aliphatic heterocycles. The van der Waals surface area contributed by atoms with Crippen molar-refractivity contribution in [2.45, 2.75) is 6.61 Å². The summed E-state index contributed by atoms with van der Waals surface area (Å²) in [4.78, 5) is 20.3. The SMILES string of the molecule is O=C(OCC[N+](=O)[O-])OCc1ccccc1. The van der Waals surface area contributed by atoms with Gasteiger partial charge >= 0.3 is 6.16 Å². The second-order valence-corrected chi connectivity index (χ2v) is 2.93. The summed E-state index contributed by atoms with van der Waals surface area (Å²) in [5.41, 5.74) is 0.828. The molecule has 1 aromatic carbocycles. The zero-order valence-corrected chi connectivity index (χ0v) is 8.50. The molecule has 0 radical (unpaired) electrons. The lowest BCUT2D eigenvalue weighted by molar-refractivity contribution is -0.482. The molecular formula is C10H11NO5. The summed E-state index contributed by atoms with van der Waals surface area (Å²) in [5.74, 6) is 0. The normalized spacial score (nSPS) is 9.50. The summed E-state index contributed by atoms with van der Waals surface area (Å²) < 4.78 is 9.20. The van der Waals surface area contributed by atoms with E-state index < -0.39 is 17.6 Å². The van der Waals surface area contributed by atoms with Crippen molar-refractivity contribution in [2.75, 3.05) is 13.2 Å². The van der Waals surface area contributed by atoms with E-state index in [9.17, 15) is 14.9 Å². The number of ether oxygens (including phenoxy) is 2. The largest absolute Gasteiger partial charge is 0.508 e. The van der Waals surface area contributed by atoms with Crippen LogP contribution in [0.4, 0.5) is 4.79 Å². The molecule has 16 heavy (non-hydrogen) atoms. The van der Waals surface area contributed by atoms with Gasteiger partial charge in [0.05, 0.1) is 0 Å². The highest BCUT2D eigenvalue weighted by Crippen LogP contribution is 2.01. The van der Waals surface area contributed by atoms with Gasteiger partial charge in [0.2, 0.25) is 6.54 Å². The van der Waals surface area contributed by atoms with Crippen molar-refractivity contribution in [3.8, 4) is 0 Å². The topological polar surface area (TPSA) is 78.7 Å². The number of rotatable bonds is 5. The predicted molar refractivity (Wildman–Crippen MR) is 54.4 cm³/mol. The molecule has 0 fully saturated rings. The highest BCUT2D eigenvalue weighted by atomic mass is 16.7. The van der Waals surface area contributed by atoms with Crippen molar-refractivity contribution in [1.82, 2.24) is 0 Å². The maximum Gasteiger partial charge on any atom is 0.508 e. The second kappa shape index (κ2) is 6.39. The van der Waals surface area contributed by atoms with E-state index in [0.29, 0.717) is 0 Å². The Morgan fingerprint density at radius 3 is 2.56 bits per heavy atom. The van der Waals surface area contributed by atoms with Gasteiger partial charge in [0.15, 0.2) is 6.61 Å². The first kappa shape index (κ1) is 12.0. The van der Waals surface area contributed by atoms with Crippen LogP contribution in [-0.2, 0) is 16.1 Å². The molecule has 0 saturated heterocycles. The minimum Gasteiger partial charge on any atom is -0.429 e. The molecule has 0 N–H and O–H groups in total. The predicted octanol–water partition coefficient (Wildman–Crippen LogP) is 1.62. The maximum absolute atomic E-state index is 10.9. The van der Waals surface area contributed by atoms with Crippen molar-refractivity contribution >= 4 is 6.16 Å². The van der Waals surface area contributed by atoms with E-state index in [-0.39, 0.29) is 13.2 Å². The molecule has 0 unspecified atom stereocenters. The molecule has 1 rings (SSSR count). The van der Waals surface area contributed by atoms with Crippen molar-refractivity contribution in [3.63, 3.8) is 0 Å². The zero-order chi connectivity index (χ0) is 11.8. The lowest BCUT2D eigenvalue weighted by atomic mass is 10.2. The van der Waals surface area contributed by atoms with Crippen LogP contribution < -0.4 is 0 Å². The Labute approximate surface area is 91.9 Å². The summed E-state index contributed by atoms with van der Waals surface area (Å²) in [5, 5.41) is 9.93. The van der Waals surface area contributed by atoms with Crippen LogP contribution in [0, 0.1) is 10.1 Å². The number of benzene rings is 1. The van der Waals surface area contributed by atoms with Crippen LogP contribution in [0.1, 0.15) is 5.56 Å². The van der Waals surface area contributed by atoms with E-state index in [2.05, 4.69) is 4.74 Å². The van der Waals surface area contributed by atoms with Crippen molar-refractivity contribution in [2.24, 2.45) is 0 Å². The molecule has 0 bridgehead atoms. The molecule has 0 aliphatic rings. The maximum atomic E-state index is 10.9. The number of nitrogens with zero attached hydrogens (tertiary/aromatic N) is 1. The molecule has 6 nitrogen and oxygen atoms in total. The van der Waals surface area contributed by atoms with Crippen molar-refractivity contribution < 1.29 is 19.2 Å². The summed E-state index contributed by atoms with van der Waals surface area (Å²) in [6.07, 6.45) is -0.897. The molecule has 0 heterocycles. The van der Waals surface area contributed by atoms with Crippen molar-refractivity contribution in [1.29, 1.82) is 0 Å². The Hall–Kier alpha value is -2.11. The monoisotopic (exact) mass is 225 g/mol. The third kappa shape index (κ3) is 4.94. The molecule has 0 spiro atoms. The van der Waals surface area contributed by atoms with E-state index >= 15 is 0 Å². The third-order valence-electron chi connectivity index (χ3n) is 1.69. The van der Waals surface area contributed by atoms with E-state index in [0.717, 1.165) is 5.56 Å². The van der Waals surface area contributed by atoms with Gasteiger partial charge in [-0.05, 0) is 5.56 Å². The molecule has 0 aromatic heterocycles. The van der Waals surface area contributed by atoms with E-state index in [1.807, 2.05) is 18.2 Å². The summed E-state index contributed by atoms with van der Waals surface area (Å²) in [7, 11) is 0. The van der Waals surface area contributed by atoms with Crippen LogP contribution in [0.15, 0.2) is 30.3 Å². The smallest absolute Gasteiger partial charge is 0.429 e.